The highest BCUT2D eigenvalue weighted by molar-refractivity contribution is 5.32. The van der Waals surface area contributed by atoms with Crippen molar-refractivity contribution in [3.05, 3.63) is 65.0 Å². The van der Waals surface area contributed by atoms with E-state index in [1.165, 1.54) is 0 Å². The first-order chi connectivity index (χ1) is 9.63. The van der Waals surface area contributed by atoms with Gasteiger partial charge in [0.25, 0.3) is 0 Å². The Morgan fingerprint density at radius 3 is 2.65 bits per heavy atom. The summed E-state index contributed by atoms with van der Waals surface area (Å²) in [7, 11) is 3.50. The number of methoxy groups -OCH3 is 1. The van der Waals surface area contributed by atoms with Crippen molar-refractivity contribution in [3.63, 3.8) is 0 Å². The van der Waals surface area contributed by atoms with Crippen molar-refractivity contribution < 1.29 is 9.13 Å². The summed E-state index contributed by atoms with van der Waals surface area (Å²) in [6.45, 7) is 1.89. The fraction of sp³-hybridized carbons (Fsp3) is 0.294. The maximum Gasteiger partial charge on any atom is 0.128 e. The van der Waals surface area contributed by atoms with Gasteiger partial charge in [-0.25, -0.2) is 4.39 Å². The van der Waals surface area contributed by atoms with Crippen molar-refractivity contribution in [2.45, 2.75) is 19.4 Å². The second-order valence-corrected chi connectivity index (χ2v) is 4.92. The second kappa shape index (κ2) is 6.53. The molecule has 0 aliphatic rings. The lowest BCUT2D eigenvalue weighted by atomic mass is 9.97. The Labute approximate surface area is 119 Å². The zero-order valence-electron chi connectivity index (χ0n) is 12.1. The summed E-state index contributed by atoms with van der Waals surface area (Å²) < 4.78 is 19.3. The molecule has 1 unspecified atom stereocenters. The molecule has 0 radical (unpaired) electrons. The van der Waals surface area contributed by atoms with Crippen LogP contribution in [-0.2, 0) is 6.42 Å². The number of ether oxygens (including phenoxy) is 1. The standard InChI is InChI=1S/C17H20FNO/c1-12-7-8-15(16(18)9-12)17(19-2)11-13-5-4-6-14(10-13)20-3/h4-10,17,19H,11H2,1-3H3. The summed E-state index contributed by atoms with van der Waals surface area (Å²) in [4.78, 5) is 0. The molecule has 1 N–H and O–H groups in total. The Balaban J connectivity index is 2.23. The van der Waals surface area contributed by atoms with Gasteiger partial charge in [-0.15, -0.1) is 0 Å². The maximum atomic E-state index is 14.1. The van der Waals surface area contributed by atoms with Gasteiger partial charge < -0.3 is 10.1 Å². The number of aryl methyl sites for hydroxylation is 1. The largest absolute Gasteiger partial charge is 0.497 e. The Hall–Kier alpha value is -1.87. The number of likely N-dealkylation sites (N-methyl/N-ethyl adjacent to an activating group) is 1. The predicted molar refractivity (Wildman–Crippen MR) is 79.6 cm³/mol. The topological polar surface area (TPSA) is 21.3 Å². The summed E-state index contributed by atoms with van der Waals surface area (Å²) in [6.07, 6.45) is 0.716. The summed E-state index contributed by atoms with van der Waals surface area (Å²) in [6, 6.07) is 13.2. The molecule has 0 heterocycles. The van der Waals surface area contributed by atoms with Crippen molar-refractivity contribution in [2.24, 2.45) is 0 Å². The molecular formula is C17H20FNO. The van der Waals surface area contributed by atoms with E-state index in [0.717, 1.165) is 16.9 Å². The van der Waals surface area contributed by atoms with E-state index in [9.17, 15) is 4.39 Å². The van der Waals surface area contributed by atoms with Crippen molar-refractivity contribution in [2.75, 3.05) is 14.2 Å². The zero-order valence-corrected chi connectivity index (χ0v) is 12.1. The van der Waals surface area contributed by atoms with Crippen molar-refractivity contribution in [1.82, 2.24) is 5.32 Å². The second-order valence-electron chi connectivity index (χ2n) is 4.92. The first-order valence-electron chi connectivity index (χ1n) is 6.70. The normalized spacial score (nSPS) is 12.2. The lowest BCUT2D eigenvalue weighted by Crippen LogP contribution is -2.20. The molecule has 0 aliphatic carbocycles. The highest BCUT2D eigenvalue weighted by Crippen LogP contribution is 2.23. The third kappa shape index (κ3) is 3.36. The van der Waals surface area contributed by atoms with Gasteiger partial charge in [-0.3, -0.25) is 0 Å². The molecule has 20 heavy (non-hydrogen) atoms. The predicted octanol–water partition coefficient (Wildman–Crippen LogP) is 3.65. The van der Waals surface area contributed by atoms with Crippen LogP contribution in [0.1, 0.15) is 22.7 Å². The van der Waals surface area contributed by atoms with Gasteiger partial charge in [-0.2, -0.15) is 0 Å². The lowest BCUT2D eigenvalue weighted by molar-refractivity contribution is 0.414. The van der Waals surface area contributed by atoms with Crippen LogP contribution in [0.25, 0.3) is 0 Å². The smallest absolute Gasteiger partial charge is 0.128 e. The fourth-order valence-corrected chi connectivity index (χ4v) is 2.32. The zero-order chi connectivity index (χ0) is 14.5. The molecule has 2 aromatic carbocycles. The van der Waals surface area contributed by atoms with E-state index in [-0.39, 0.29) is 11.9 Å². The van der Waals surface area contributed by atoms with E-state index in [1.807, 2.05) is 50.4 Å². The third-order valence-electron chi connectivity index (χ3n) is 3.45. The minimum absolute atomic E-state index is 0.0530. The van der Waals surface area contributed by atoms with Gasteiger partial charge in [0.15, 0.2) is 0 Å². The molecule has 0 saturated carbocycles. The van der Waals surface area contributed by atoms with Gasteiger partial charge in [0.2, 0.25) is 0 Å². The van der Waals surface area contributed by atoms with Gasteiger partial charge >= 0.3 is 0 Å². The Morgan fingerprint density at radius 1 is 1.20 bits per heavy atom. The summed E-state index contributed by atoms with van der Waals surface area (Å²) >= 11 is 0. The maximum absolute atomic E-state index is 14.1. The molecule has 0 bridgehead atoms. The molecule has 0 fully saturated rings. The molecule has 0 saturated heterocycles. The fourth-order valence-electron chi connectivity index (χ4n) is 2.32. The number of rotatable bonds is 5. The van der Waals surface area contributed by atoms with Crippen LogP contribution >= 0.6 is 0 Å². The number of halogens is 1. The number of benzene rings is 2. The number of hydrogen-bond donors (Lipinski definition) is 1. The minimum Gasteiger partial charge on any atom is -0.497 e. The van der Waals surface area contributed by atoms with E-state index in [0.29, 0.717) is 12.0 Å². The van der Waals surface area contributed by atoms with Crippen LogP contribution in [0, 0.1) is 12.7 Å². The number of nitrogens with one attached hydrogen (secondary N) is 1. The van der Waals surface area contributed by atoms with Gasteiger partial charge in [0.1, 0.15) is 11.6 Å². The van der Waals surface area contributed by atoms with Crippen LogP contribution in [0.15, 0.2) is 42.5 Å². The third-order valence-corrected chi connectivity index (χ3v) is 3.45. The molecule has 0 spiro atoms. The van der Waals surface area contributed by atoms with Crippen LogP contribution in [0.2, 0.25) is 0 Å². The SMILES string of the molecule is CNC(Cc1cccc(OC)c1)c1ccc(C)cc1F. The monoisotopic (exact) mass is 273 g/mol. The summed E-state index contributed by atoms with van der Waals surface area (Å²) in [5.74, 6) is 0.661. The van der Waals surface area contributed by atoms with E-state index in [4.69, 9.17) is 4.74 Å². The quantitative estimate of drug-likeness (QED) is 0.898. The highest BCUT2D eigenvalue weighted by atomic mass is 19.1. The first-order valence-corrected chi connectivity index (χ1v) is 6.70. The average molecular weight is 273 g/mol. The van der Waals surface area contributed by atoms with Crippen LogP contribution in [0.4, 0.5) is 4.39 Å². The molecule has 2 rings (SSSR count). The molecular weight excluding hydrogens is 253 g/mol. The van der Waals surface area contributed by atoms with Crippen molar-refractivity contribution in [3.8, 4) is 5.75 Å². The molecule has 0 aromatic heterocycles. The summed E-state index contributed by atoms with van der Waals surface area (Å²) in [5, 5.41) is 3.18. The molecule has 0 amide bonds. The van der Waals surface area contributed by atoms with E-state index >= 15 is 0 Å². The van der Waals surface area contributed by atoms with Gasteiger partial charge in [-0.05, 0) is 49.7 Å². The Kier molecular flexibility index (Phi) is 4.74. The van der Waals surface area contributed by atoms with Crippen molar-refractivity contribution in [1.29, 1.82) is 0 Å². The highest BCUT2D eigenvalue weighted by Gasteiger charge is 2.14. The average Bonchev–Trinajstić information content (AvgIpc) is 2.45. The van der Waals surface area contributed by atoms with Gasteiger partial charge in [-0.1, -0.05) is 24.3 Å². The summed E-state index contributed by atoms with van der Waals surface area (Å²) in [5.41, 5.74) is 2.74. The van der Waals surface area contributed by atoms with Crippen LogP contribution < -0.4 is 10.1 Å². The molecule has 3 heteroatoms. The van der Waals surface area contributed by atoms with E-state index in [2.05, 4.69) is 5.32 Å². The minimum atomic E-state index is -0.160. The van der Waals surface area contributed by atoms with Crippen LogP contribution in [-0.4, -0.2) is 14.2 Å². The lowest BCUT2D eigenvalue weighted by Gasteiger charge is -2.18. The van der Waals surface area contributed by atoms with E-state index in [1.54, 1.807) is 13.2 Å². The van der Waals surface area contributed by atoms with E-state index < -0.39 is 0 Å². The molecule has 2 aromatic rings. The number of hydrogen-bond acceptors (Lipinski definition) is 2. The Bertz CT molecular complexity index is 583. The first kappa shape index (κ1) is 14.5. The molecule has 106 valence electrons. The van der Waals surface area contributed by atoms with Gasteiger partial charge in [0.05, 0.1) is 7.11 Å². The van der Waals surface area contributed by atoms with Crippen LogP contribution in [0.5, 0.6) is 5.75 Å². The van der Waals surface area contributed by atoms with Crippen LogP contribution in [0.3, 0.4) is 0 Å². The molecule has 0 aliphatic heterocycles. The molecule has 1 atom stereocenters. The van der Waals surface area contributed by atoms with Crippen molar-refractivity contribution >= 4 is 0 Å². The Morgan fingerprint density at radius 2 is 2.00 bits per heavy atom. The van der Waals surface area contributed by atoms with Gasteiger partial charge in [0, 0.05) is 11.6 Å². The molecule has 2 nitrogen and oxygen atoms in total.